The Balaban J connectivity index is 1.83. The van der Waals surface area contributed by atoms with Crippen LogP contribution in [0.5, 0.6) is 0 Å². The summed E-state index contributed by atoms with van der Waals surface area (Å²) in [6, 6.07) is 0. The second kappa shape index (κ2) is 15.0. The second-order valence-electron chi connectivity index (χ2n) is 7.19. The molecular weight excluding hydrogens is 312 g/mol. The van der Waals surface area contributed by atoms with Gasteiger partial charge in [-0.1, -0.05) is 84.0 Å². The average molecular weight is 351 g/mol. The molecule has 0 fully saturated rings. The first-order valence-electron chi connectivity index (χ1n) is 10.4. The molecule has 4 heteroatoms. The molecule has 0 aliphatic carbocycles. The van der Waals surface area contributed by atoms with Gasteiger partial charge in [-0.05, 0) is 19.8 Å². The number of H-pyrrole nitrogens is 1. The van der Waals surface area contributed by atoms with Crippen LogP contribution in [0.3, 0.4) is 0 Å². The maximum Gasteiger partial charge on any atom is 0.374 e. The van der Waals surface area contributed by atoms with Crippen LogP contribution in [-0.2, 0) is 4.74 Å². The fourth-order valence-corrected chi connectivity index (χ4v) is 3.12. The third kappa shape index (κ3) is 11.8. The van der Waals surface area contributed by atoms with Crippen molar-refractivity contribution in [1.82, 2.24) is 9.97 Å². The summed E-state index contributed by atoms with van der Waals surface area (Å²) < 4.78 is 5.37. The molecule has 25 heavy (non-hydrogen) atoms. The van der Waals surface area contributed by atoms with Crippen molar-refractivity contribution in [3.63, 3.8) is 0 Å². The van der Waals surface area contributed by atoms with Crippen LogP contribution in [0.1, 0.15) is 114 Å². The van der Waals surface area contributed by atoms with Gasteiger partial charge >= 0.3 is 5.97 Å². The molecule has 0 aliphatic heterocycles. The number of hydrogen-bond donors (Lipinski definition) is 1. The van der Waals surface area contributed by atoms with Crippen LogP contribution in [0.25, 0.3) is 0 Å². The van der Waals surface area contributed by atoms with Crippen molar-refractivity contribution >= 4 is 5.97 Å². The molecule has 1 N–H and O–H groups in total. The Morgan fingerprint density at radius 3 is 1.96 bits per heavy atom. The van der Waals surface area contributed by atoms with Gasteiger partial charge in [0.2, 0.25) is 5.82 Å². The molecule has 0 bridgehead atoms. The van der Waals surface area contributed by atoms with Crippen LogP contribution >= 0.6 is 0 Å². The van der Waals surface area contributed by atoms with Crippen LogP contribution in [0.2, 0.25) is 0 Å². The van der Waals surface area contributed by atoms with Crippen molar-refractivity contribution in [2.75, 3.05) is 0 Å². The van der Waals surface area contributed by atoms with Crippen molar-refractivity contribution in [3.8, 4) is 0 Å². The molecule has 0 spiro atoms. The number of unbranched alkanes of at least 4 members (excludes halogenated alkanes) is 12. The number of rotatable bonds is 16. The number of nitrogens with zero attached hydrogens (tertiary/aromatic N) is 1. The van der Waals surface area contributed by atoms with E-state index in [9.17, 15) is 4.79 Å². The number of hydrogen-bond acceptors (Lipinski definition) is 3. The van der Waals surface area contributed by atoms with E-state index in [4.69, 9.17) is 4.74 Å². The third-order valence-electron chi connectivity index (χ3n) is 4.71. The molecule has 1 rings (SSSR count). The fourth-order valence-electron chi connectivity index (χ4n) is 3.12. The summed E-state index contributed by atoms with van der Waals surface area (Å²) in [4.78, 5) is 18.4. The standard InChI is InChI=1S/C21H38N2O2/c1-3-4-5-6-7-8-9-10-11-12-13-14-15-16-19(2)25-21(24)20-22-17-18-23-20/h17-19H,3-16H2,1-2H3,(H,22,23). The maximum absolute atomic E-state index is 11.7. The number of ether oxygens (including phenoxy) is 1. The SMILES string of the molecule is CCCCCCCCCCCCCCCC(C)OC(=O)c1ncc[nH]1. The summed E-state index contributed by atoms with van der Waals surface area (Å²) in [6.07, 6.45) is 21.7. The molecule has 4 nitrogen and oxygen atoms in total. The average Bonchev–Trinajstić information content (AvgIpc) is 3.13. The molecular formula is C21H38N2O2. The quantitative estimate of drug-likeness (QED) is 0.276. The van der Waals surface area contributed by atoms with Gasteiger partial charge in [-0.15, -0.1) is 0 Å². The largest absolute Gasteiger partial charge is 0.457 e. The highest BCUT2D eigenvalue weighted by atomic mass is 16.5. The van der Waals surface area contributed by atoms with E-state index in [2.05, 4.69) is 16.9 Å². The van der Waals surface area contributed by atoms with Crippen LogP contribution in [-0.4, -0.2) is 22.0 Å². The van der Waals surface area contributed by atoms with E-state index in [1.165, 1.54) is 77.0 Å². The van der Waals surface area contributed by atoms with E-state index in [-0.39, 0.29) is 17.9 Å². The zero-order chi connectivity index (χ0) is 18.2. The highest BCUT2D eigenvalue weighted by Crippen LogP contribution is 2.14. The van der Waals surface area contributed by atoms with Crippen molar-refractivity contribution < 1.29 is 9.53 Å². The van der Waals surface area contributed by atoms with Crippen molar-refractivity contribution in [1.29, 1.82) is 0 Å². The molecule has 1 aromatic heterocycles. The van der Waals surface area contributed by atoms with Crippen molar-refractivity contribution in [2.45, 2.75) is 110 Å². The molecule has 0 amide bonds. The lowest BCUT2D eigenvalue weighted by Crippen LogP contribution is -2.16. The first kappa shape index (κ1) is 21.7. The van der Waals surface area contributed by atoms with Crippen molar-refractivity contribution in [2.24, 2.45) is 0 Å². The third-order valence-corrected chi connectivity index (χ3v) is 4.71. The van der Waals surface area contributed by atoms with Crippen LogP contribution in [0.15, 0.2) is 12.4 Å². The minimum atomic E-state index is -0.354. The second-order valence-corrected chi connectivity index (χ2v) is 7.19. The van der Waals surface area contributed by atoms with E-state index in [0.29, 0.717) is 0 Å². The fraction of sp³-hybridized carbons (Fsp3) is 0.810. The number of aromatic nitrogens is 2. The van der Waals surface area contributed by atoms with Gasteiger partial charge in [-0.25, -0.2) is 9.78 Å². The molecule has 0 saturated heterocycles. The topological polar surface area (TPSA) is 55.0 Å². The number of imidazole rings is 1. The van der Waals surface area contributed by atoms with Crippen molar-refractivity contribution in [3.05, 3.63) is 18.2 Å². The minimum Gasteiger partial charge on any atom is -0.457 e. The lowest BCUT2D eigenvalue weighted by Gasteiger charge is -2.12. The smallest absolute Gasteiger partial charge is 0.374 e. The summed E-state index contributed by atoms with van der Waals surface area (Å²) in [7, 11) is 0. The van der Waals surface area contributed by atoms with Crippen LogP contribution in [0, 0.1) is 0 Å². The zero-order valence-corrected chi connectivity index (χ0v) is 16.4. The molecule has 1 heterocycles. The van der Waals surface area contributed by atoms with Gasteiger partial charge in [-0.3, -0.25) is 0 Å². The summed E-state index contributed by atoms with van der Waals surface area (Å²) in [5.74, 6) is -0.0654. The normalized spacial score (nSPS) is 12.2. The van der Waals surface area contributed by atoms with E-state index in [0.717, 1.165) is 12.8 Å². The van der Waals surface area contributed by atoms with E-state index >= 15 is 0 Å². The molecule has 0 radical (unpaired) electrons. The van der Waals surface area contributed by atoms with Gasteiger partial charge in [0.15, 0.2) is 0 Å². The molecule has 0 aliphatic rings. The zero-order valence-electron chi connectivity index (χ0n) is 16.4. The predicted molar refractivity (Wildman–Crippen MR) is 104 cm³/mol. The number of esters is 1. The van der Waals surface area contributed by atoms with Gasteiger partial charge in [0, 0.05) is 12.4 Å². The van der Waals surface area contributed by atoms with Gasteiger partial charge in [0.05, 0.1) is 6.10 Å². The number of carbonyl (C=O) groups excluding carboxylic acids is 1. The van der Waals surface area contributed by atoms with E-state index < -0.39 is 0 Å². The van der Waals surface area contributed by atoms with Gasteiger partial charge in [0.1, 0.15) is 0 Å². The number of nitrogens with one attached hydrogen (secondary N) is 1. The van der Waals surface area contributed by atoms with Crippen LogP contribution < -0.4 is 0 Å². The Hall–Kier alpha value is -1.32. The van der Waals surface area contributed by atoms with Gasteiger partial charge < -0.3 is 9.72 Å². The lowest BCUT2D eigenvalue weighted by molar-refractivity contribution is 0.0306. The van der Waals surface area contributed by atoms with E-state index in [1.54, 1.807) is 12.4 Å². The first-order chi connectivity index (χ1) is 12.2. The molecule has 144 valence electrons. The number of aromatic amines is 1. The highest BCUT2D eigenvalue weighted by Gasteiger charge is 2.13. The molecule has 0 aromatic carbocycles. The molecule has 1 aromatic rings. The highest BCUT2D eigenvalue weighted by molar-refractivity contribution is 5.85. The first-order valence-corrected chi connectivity index (χ1v) is 10.4. The Labute approximate surface area is 154 Å². The number of carbonyl (C=O) groups is 1. The Kier molecular flexibility index (Phi) is 13.0. The molecule has 1 atom stereocenters. The van der Waals surface area contributed by atoms with Crippen LogP contribution in [0.4, 0.5) is 0 Å². The van der Waals surface area contributed by atoms with E-state index in [1.807, 2.05) is 6.92 Å². The summed E-state index contributed by atoms with van der Waals surface area (Å²) in [6.45, 7) is 4.23. The van der Waals surface area contributed by atoms with Gasteiger partial charge in [0.25, 0.3) is 0 Å². The summed E-state index contributed by atoms with van der Waals surface area (Å²) in [5.41, 5.74) is 0. The molecule has 0 saturated carbocycles. The Bertz CT molecular complexity index is 418. The molecule has 1 unspecified atom stereocenters. The summed E-state index contributed by atoms with van der Waals surface area (Å²) >= 11 is 0. The minimum absolute atomic E-state index is 0.0368. The Morgan fingerprint density at radius 1 is 0.960 bits per heavy atom. The van der Waals surface area contributed by atoms with Gasteiger partial charge in [-0.2, -0.15) is 0 Å². The summed E-state index contributed by atoms with van der Waals surface area (Å²) in [5, 5.41) is 0. The predicted octanol–water partition coefficient (Wildman–Crippen LogP) is 6.44. The monoisotopic (exact) mass is 350 g/mol. The Morgan fingerprint density at radius 2 is 1.48 bits per heavy atom. The lowest BCUT2D eigenvalue weighted by atomic mass is 10.0. The maximum atomic E-state index is 11.7.